The normalized spacial score (nSPS) is 10.0. The number of ether oxygens (including phenoxy) is 1. The SMILES string of the molecule is CCOC(=O)CN(C)C(=O)c1ccc(Br)c(Cl)c1. The van der Waals surface area contributed by atoms with Gasteiger partial charge >= 0.3 is 5.97 Å². The molecule has 0 aromatic heterocycles. The predicted molar refractivity (Wildman–Crippen MR) is 72.7 cm³/mol. The minimum atomic E-state index is -0.434. The van der Waals surface area contributed by atoms with E-state index in [9.17, 15) is 9.59 Å². The minimum absolute atomic E-state index is 0.0830. The van der Waals surface area contributed by atoms with E-state index in [4.69, 9.17) is 16.3 Å². The topological polar surface area (TPSA) is 46.6 Å². The summed E-state index contributed by atoms with van der Waals surface area (Å²) >= 11 is 9.15. The van der Waals surface area contributed by atoms with Crippen LogP contribution in [0.5, 0.6) is 0 Å². The Bertz CT molecular complexity index is 465. The molecule has 4 nitrogen and oxygen atoms in total. The maximum absolute atomic E-state index is 12.0. The van der Waals surface area contributed by atoms with Gasteiger partial charge in [-0.1, -0.05) is 11.6 Å². The number of carbonyl (C=O) groups is 2. The molecule has 18 heavy (non-hydrogen) atoms. The van der Waals surface area contributed by atoms with Crippen molar-refractivity contribution in [2.24, 2.45) is 0 Å². The first-order valence-corrected chi connectivity index (χ1v) is 6.49. The van der Waals surface area contributed by atoms with Crippen LogP contribution in [-0.4, -0.2) is 37.0 Å². The molecule has 0 atom stereocenters. The van der Waals surface area contributed by atoms with Crippen LogP contribution in [0.2, 0.25) is 5.02 Å². The predicted octanol–water partition coefficient (Wildman–Crippen LogP) is 2.74. The molecule has 0 saturated carbocycles. The molecule has 0 fully saturated rings. The van der Waals surface area contributed by atoms with Crippen molar-refractivity contribution >= 4 is 39.4 Å². The number of hydrogen-bond acceptors (Lipinski definition) is 3. The molecule has 0 aliphatic heterocycles. The smallest absolute Gasteiger partial charge is 0.325 e. The van der Waals surface area contributed by atoms with E-state index in [1.165, 1.54) is 11.9 Å². The summed E-state index contributed by atoms with van der Waals surface area (Å²) in [5.41, 5.74) is 0.426. The molecule has 0 bridgehead atoms. The van der Waals surface area contributed by atoms with Gasteiger partial charge in [0.15, 0.2) is 0 Å². The molecule has 1 amide bonds. The van der Waals surface area contributed by atoms with Crippen molar-refractivity contribution in [2.45, 2.75) is 6.92 Å². The number of likely N-dealkylation sites (N-methyl/N-ethyl adjacent to an activating group) is 1. The maximum Gasteiger partial charge on any atom is 0.325 e. The molecule has 6 heteroatoms. The average Bonchev–Trinajstić information content (AvgIpc) is 2.32. The lowest BCUT2D eigenvalue weighted by Gasteiger charge is -2.16. The molecule has 0 unspecified atom stereocenters. The molecule has 0 aliphatic rings. The fraction of sp³-hybridized carbons (Fsp3) is 0.333. The quantitative estimate of drug-likeness (QED) is 0.795. The van der Waals surface area contributed by atoms with Crippen LogP contribution in [-0.2, 0) is 9.53 Å². The number of amides is 1. The summed E-state index contributed by atoms with van der Waals surface area (Å²) in [6.45, 7) is 1.93. The van der Waals surface area contributed by atoms with E-state index >= 15 is 0 Å². The van der Waals surface area contributed by atoms with E-state index in [0.29, 0.717) is 21.7 Å². The summed E-state index contributed by atoms with van der Waals surface area (Å²) in [5.74, 6) is -0.714. The van der Waals surface area contributed by atoms with Crippen LogP contribution in [0.3, 0.4) is 0 Å². The molecule has 0 N–H and O–H groups in total. The van der Waals surface area contributed by atoms with E-state index in [0.717, 1.165) is 0 Å². The lowest BCUT2D eigenvalue weighted by Crippen LogP contribution is -2.33. The van der Waals surface area contributed by atoms with Gasteiger partial charge in [-0.3, -0.25) is 9.59 Å². The summed E-state index contributed by atoms with van der Waals surface area (Å²) < 4.78 is 5.49. The van der Waals surface area contributed by atoms with Crippen LogP contribution < -0.4 is 0 Å². The van der Waals surface area contributed by atoms with Gasteiger partial charge in [-0.15, -0.1) is 0 Å². The van der Waals surface area contributed by atoms with Crippen LogP contribution in [0.15, 0.2) is 22.7 Å². The molecule has 0 aliphatic carbocycles. The van der Waals surface area contributed by atoms with Crippen LogP contribution in [0, 0.1) is 0 Å². The van der Waals surface area contributed by atoms with E-state index in [2.05, 4.69) is 15.9 Å². The van der Waals surface area contributed by atoms with Gasteiger partial charge in [0, 0.05) is 17.1 Å². The summed E-state index contributed by atoms with van der Waals surface area (Å²) in [6.07, 6.45) is 0. The first kappa shape index (κ1) is 15.0. The highest BCUT2D eigenvalue weighted by molar-refractivity contribution is 9.10. The third-order valence-electron chi connectivity index (χ3n) is 2.18. The van der Waals surface area contributed by atoms with Crippen LogP contribution >= 0.6 is 27.5 Å². The highest BCUT2D eigenvalue weighted by atomic mass is 79.9. The molecule has 1 aromatic carbocycles. The van der Waals surface area contributed by atoms with Crippen molar-refractivity contribution in [3.8, 4) is 0 Å². The number of benzene rings is 1. The van der Waals surface area contributed by atoms with Gasteiger partial charge in [-0.2, -0.15) is 0 Å². The molecule has 0 spiro atoms. The first-order chi connectivity index (χ1) is 8.45. The first-order valence-electron chi connectivity index (χ1n) is 5.31. The van der Waals surface area contributed by atoms with Gasteiger partial charge in [0.1, 0.15) is 6.54 Å². The third-order valence-corrected chi connectivity index (χ3v) is 3.42. The molecule has 0 heterocycles. The van der Waals surface area contributed by atoms with E-state index in [1.54, 1.807) is 25.1 Å². The Kier molecular flexibility index (Phi) is 5.62. The van der Waals surface area contributed by atoms with Crippen molar-refractivity contribution in [3.63, 3.8) is 0 Å². The van der Waals surface area contributed by atoms with Crippen LogP contribution in [0.1, 0.15) is 17.3 Å². The highest BCUT2D eigenvalue weighted by Gasteiger charge is 2.16. The number of carbonyl (C=O) groups excluding carboxylic acids is 2. The standard InChI is InChI=1S/C12H13BrClNO3/c1-3-18-11(16)7-15(2)12(17)8-4-5-9(13)10(14)6-8/h4-6H,3,7H2,1-2H3. The largest absolute Gasteiger partial charge is 0.465 e. The fourth-order valence-corrected chi connectivity index (χ4v) is 1.75. The third kappa shape index (κ3) is 3.99. The van der Waals surface area contributed by atoms with Crippen LogP contribution in [0.4, 0.5) is 0 Å². The van der Waals surface area contributed by atoms with E-state index in [-0.39, 0.29) is 12.5 Å². The Balaban J connectivity index is 2.74. The molecule has 1 aromatic rings. The zero-order chi connectivity index (χ0) is 13.7. The van der Waals surface area contributed by atoms with Crippen molar-refractivity contribution in [3.05, 3.63) is 33.3 Å². The van der Waals surface area contributed by atoms with E-state index < -0.39 is 5.97 Å². The number of hydrogen-bond donors (Lipinski definition) is 0. The monoisotopic (exact) mass is 333 g/mol. The second kappa shape index (κ2) is 6.75. The number of halogens is 2. The highest BCUT2D eigenvalue weighted by Crippen LogP contribution is 2.23. The van der Waals surface area contributed by atoms with Gasteiger partial charge in [-0.25, -0.2) is 0 Å². The molecular weight excluding hydrogens is 321 g/mol. The van der Waals surface area contributed by atoms with Gasteiger partial charge in [0.05, 0.1) is 11.6 Å². The fourth-order valence-electron chi connectivity index (χ4n) is 1.32. The van der Waals surface area contributed by atoms with Crippen molar-refractivity contribution in [2.75, 3.05) is 20.2 Å². The Morgan fingerprint density at radius 1 is 1.44 bits per heavy atom. The Hall–Kier alpha value is -1.07. The lowest BCUT2D eigenvalue weighted by atomic mass is 10.2. The van der Waals surface area contributed by atoms with Crippen molar-refractivity contribution in [1.29, 1.82) is 0 Å². The average molecular weight is 335 g/mol. The number of rotatable bonds is 4. The van der Waals surface area contributed by atoms with Crippen LogP contribution in [0.25, 0.3) is 0 Å². The second-order valence-electron chi connectivity index (χ2n) is 3.60. The molecule has 0 saturated heterocycles. The molecule has 98 valence electrons. The number of nitrogens with zero attached hydrogens (tertiary/aromatic N) is 1. The van der Waals surface area contributed by atoms with Gasteiger partial charge < -0.3 is 9.64 Å². The molecule has 0 radical (unpaired) electrons. The van der Waals surface area contributed by atoms with Gasteiger partial charge in [-0.05, 0) is 41.1 Å². The summed E-state index contributed by atoms with van der Waals surface area (Å²) in [6, 6.07) is 4.88. The summed E-state index contributed by atoms with van der Waals surface area (Å²) in [5, 5.41) is 0.449. The van der Waals surface area contributed by atoms with E-state index in [1.807, 2.05) is 0 Å². The van der Waals surface area contributed by atoms with Gasteiger partial charge in [0.2, 0.25) is 0 Å². The van der Waals surface area contributed by atoms with Gasteiger partial charge in [0.25, 0.3) is 5.91 Å². The summed E-state index contributed by atoms with van der Waals surface area (Å²) in [7, 11) is 1.54. The zero-order valence-electron chi connectivity index (χ0n) is 10.1. The molecular formula is C12H13BrClNO3. The van der Waals surface area contributed by atoms with Crippen molar-refractivity contribution in [1.82, 2.24) is 4.90 Å². The number of esters is 1. The molecule has 1 rings (SSSR count). The zero-order valence-corrected chi connectivity index (χ0v) is 12.4. The minimum Gasteiger partial charge on any atom is -0.465 e. The maximum atomic E-state index is 12.0. The Morgan fingerprint density at radius 3 is 2.67 bits per heavy atom. The lowest BCUT2D eigenvalue weighted by molar-refractivity contribution is -0.143. The summed E-state index contributed by atoms with van der Waals surface area (Å²) in [4.78, 5) is 24.5. The Labute approximate surface area is 119 Å². The van der Waals surface area contributed by atoms with Crippen molar-refractivity contribution < 1.29 is 14.3 Å². The second-order valence-corrected chi connectivity index (χ2v) is 4.86. The Morgan fingerprint density at radius 2 is 2.11 bits per heavy atom.